The Bertz CT molecular complexity index is 416. The number of nitriles is 1. The van der Waals surface area contributed by atoms with Crippen LogP contribution in [0.3, 0.4) is 0 Å². The van der Waals surface area contributed by atoms with Crippen LogP contribution in [0.1, 0.15) is 16.7 Å². The molecule has 2 N–H and O–H groups in total. The zero-order valence-electron chi connectivity index (χ0n) is 8.29. The first kappa shape index (κ1) is 10.7. The third-order valence-corrected chi connectivity index (χ3v) is 3.00. The minimum atomic E-state index is 0.712. The van der Waals surface area contributed by atoms with Gasteiger partial charge in [-0.1, -0.05) is 18.3 Å². The summed E-state index contributed by atoms with van der Waals surface area (Å²) in [6, 6.07) is 4.02. The number of benzene rings is 1. The minimum absolute atomic E-state index is 0.712. The molecular weight excluding hydrogens is 192 g/mol. The Kier molecular flexibility index (Phi) is 3.21. The quantitative estimate of drug-likeness (QED) is 0.595. The van der Waals surface area contributed by atoms with Crippen LogP contribution in [-0.2, 0) is 0 Å². The molecule has 72 valence electrons. The summed E-state index contributed by atoms with van der Waals surface area (Å²) in [6.45, 7) is 7.44. The molecule has 0 atom stereocenters. The monoisotopic (exact) mass is 204 g/mol. The highest BCUT2D eigenvalue weighted by Crippen LogP contribution is 2.32. The largest absolute Gasteiger partial charge is 0.398 e. The van der Waals surface area contributed by atoms with Crippen molar-refractivity contribution < 1.29 is 0 Å². The summed E-state index contributed by atoms with van der Waals surface area (Å²) >= 11 is 1.45. The van der Waals surface area contributed by atoms with Gasteiger partial charge < -0.3 is 5.73 Å². The number of hydrogen-bond donors (Lipinski definition) is 1. The molecule has 0 bridgehead atoms. The lowest BCUT2D eigenvalue weighted by Crippen LogP contribution is -1.96. The van der Waals surface area contributed by atoms with Gasteiger partial charge >= 0.3 is 0 Å². The number of anilines is 1. The number of nitrogens with two attached hydrogens (primary N) is 1. The second kappa shape index (κ2) is 4.21. The molecule has 0 saturated carbocycles. The van der Waals surface area contributed by atoms with E-state index in [0.717, 1.165) is 16.0 Å². The smallest absolute Gasteiger partial charge is 0.0997 e. The SMILES string of the molecule is C=CSc1c(N)cc(C)c(C#N)c1C. The molecule has 2 nitrogen and oxygen atoms in total. The Morgan fingerprint density at radius 2 is 2.21 bits per heavy atom. The fourth-order valence-electron chi connectivity index (χ4n) is 1.41. The van der Waals surface area contributed by atoms with Gasteiger partial charge in [0.1, 0.15) is 0 Å². The Balaban J connectivity index is 3.45. The minimum Gasteiger partial charge on any atom is -0.398 e. The van der Waals surface area contributed by atoms with Crippen LogP contribution in [0.15, 0.2) is 22.9 Å². The molecule has 1 aromatic rings. The number of nitrogens with zero attached hydrogens (tertiary/aromatic N) is 1. The third kappa shape index (κ3) is 1.75. The predicted molar refractivity (Wildman–Crippen MR) is 61.1 cm³/mol. The van der Waals surface area contributed by atoms with Gasteiger partial charge in [0.05, 0.1) is 11.6 Å². The zero-order valence-corrected chi connectivity index (χ0v) is 9.11. The van der Waals surface area contributed by atoms with Crippen LogP contribution in [0.25, 0.3) is 0 Å². The number of rotatable bonds is 2. The Labute approximate surface area is 88.4 Å². The van der Waals surface area contributed by atoms with Crippen molar-refractivity contribution in [3.05, 3.63) is 34.7 Å². The van der Waals surface area contributed by atoms with Crippen LogP contribution in [0.4, 0.5) is 5.69 Å². The van der Waals surface area contributed by atoms with Gasteiger partial charge in [0, 0.05) is 10.6 Å². The standard InChI is InChI=1S/C11H12N2S/c1-4-14-11-8(3)9(6-12)7(2)5-10(11)13/h4-5H,1,13H2,2-3H3. The normalized spacial score (nSPS) is 9.50. The van der Waals surface area contributed by atoms with Crippen LogP contribution < -0.4 is 5.73 Å². The second-order valence-corrected chi connectivity index (χ2v) is 3.99. The summed E-state index contributed by atoms with van der Waals surface area (Å²) in [6.07, 6.45) is 0. The Morgan fingerprint density at radius 1 is 1.57 bits per heavy atom. The summed E-state index contributed by atoms with van der Waals surface area (Å²) < 4.78 is 0. The maximum absolute atomic E-state index is 8.96. The Hall–Kier alpha value is -1.40. The van der Waals surface area contributed by atoms with E-state index >= 15 is 0 Å². The molecule has 0 saturated heterocycles. The average Bonchev–Trinajstić information content (AvgIpc) is 2.12. The first-order chi connectivity index (χ1) is 6.61. The maximum atomic E-state index is 8.96. The summed E-state index contributed by atoms with van der Waals surface area (Å²) in [5, 5.41) is 10.7. The summed E-state index contributed by atoms with van der Waals surface area (Å²) in [7, 11) is 0. The lowest BCUT2D eigenvalue weighted by atomic mass is 10.0. The molecule has 0 unspecified atom stereocenters. The van der Waals surface area contributed by atoms with Gasteiger partial charge in [-0.3, -0.25) is 0 Å². The molecule has 0 radical (unpaired) electrons. The highest BCUT2D eigenvalue weighted by molar-refractivity contribution is 8.02. The van der Waals surface area contributed by atoms with Crippen LogP contribution in [0.5, 0.6) is 0 Å². The summed E-state index contributed by atoms with van der Waals surface area (Å²) in [5.41, 5.74) is 9.14. The zero-order chi connectivity index (χ0) is 10.7. The molecule has 0 amide bonds. The first-order valence-corrected chi connectivity index (χ1v) is 5.07. The van der Waals surface area contributed by atoms with Crippen LogP contribution in [0.2, 0.25) is 0 Å². The first-order valence-electron chi connectivity index (χ1n) is 4.19. The molecule has 0 aromatic heterocycles. The Morgan fingerprint density at radius 3 is 2.71 bits per heavy atom. The van der Waals surface area contributed by atoms with Crippen LogP contribution in [-0.4, -0.2) is 0 Å². The van der Waals surface area contributed by atoms with Crippen LogP contribution in [0, 0.1) is 25.2 Å². The molecule has 1 rings (SSSR count). The van der Waals surface area contributed by atoms with Gasteiger partial charge in [0.25, 0.3) is 0 Å². The van der Waals surface area contributed by atoms with E-state index in [1.54, 1.807) is 5.41 Å². The molecule has 0 heterocycles. The number of hydrogen-bond acceptors (Lipinski definition) is 3. The van der Waals surface area contributed by atoms with Crippen molar-refractivity contribution in [2.24, 2.45) is 0 Å². The lowest BCUT2D eigenvalue weighted by molar-refractivity contribution is 1.24. The van der Waals surface area contributed by atoms with Crippen molar-refractivity contribution in [2.45, 2.75) is 18.7 Å². The number of thioether (sulfide) groups is 1. The lowest BCUT2D eigenvalue weighted by Gasteiger charge is -2.10. The second-order valence-electron chi connectivity index (χ2n) is 3.01. The maximum Gasteiger partial charge on any atom is 0.0997 e. The molecule has 0 fully saturated rings. The van der Waals surface area contributed by atoms with Gasteiger partial charge in [-0.2, -0.15) is 5.26 Å². The van der Waals surface area contributed by atoms with Crippen molar-refractivity contribution in [3.63, 3.8) is 0 Å². The fraction of sp³-hybridized carbons (Fsp3) is 0.182. The molecule has 0 aliphatic heterocycles. The highest BCUT2D eigenvalue weighted by Gasteiger charge is 2.10. The van der Waals surface area contributed by atoms with E-state index in [4.69, 9.17) is 11.0 Å². The molecule has 0 aliphatic carbocycles. The van der Waals surface area contributed by atoms with Gasteiger partial charge in [0.15, 0.2) is 0 Å². The molecule has 0 aliphatic rings. The van der Waals surface area contributed by atoms with Gasteiger partial charge in [-0.05, 0) is 36.4 Å². The van der Waals surface area contributed by atoms with Gasteiger partial charge in [-0.15, -0.1) is 0 Å². The molecule has 0 spiro atoms. The van der Waals surface area contributed by atoms with Crippen molar-refractivity contribution in [1.29, 1.82) is 5.26 Å². The van der Waals surface area contributed by atoms with E-state index < -0.39 is 0 Å². The summed E-state index contributed by atoms with van der Waals surface area (Å²) in [5.74, 6) is 0. The number of aryl methyl sites for hydroxylation is 1. The predicted octanol–water partition coefficient (Wildman–Crippen LogP) is 2.99. The topological polar surface area (TPSA) is 49.8 Å². The molecular formula is C11H12N2S. The highest BCUT2D eigenvalue weighted by atomic mass is 32.2. The molecule has 3 heteroatoms. The average molecular weight is 204 g/mol. The number of nitrogen functional groups attached to an aromatic ring is 1. The third-order valence-electron chi connectivity index (χ3n) is 2.06. The van der Waals surface area contributed by atoms with Crippen molar-refractivity contribution in [1.82, 2.24) is 0 Å². The van der Waals surface area contributed by atoms with E-state index in [1.165, 1.54) is 11.8 Å². The van der Waals surface area contributed by atoms with E-state index in [-0.39, 0.29) is 0 Å². The summed E-state index contributed by atoms with van der Waals surface area (Å²) in [4.78, 5) is 0.933. The fourth-order valence-corrected chi connectivity index (χ4v) is 2.05. The van der Waals surface area contributed by atoms with E-state index in [2.05, 4.69) is 12.6 Å². The van der Waals surface area contributed by atoms with Gasteiger partial charge in [-0.25, -0.2) is 0 Å². The molecule has 14 heavy (non-hydrogen) atoms. The van der Waals surface area contributed by atoms with Crippen molar-refractivity contribution in [2.75, 3.05) is 5.73 Å². The van der Waals surface area contributed by atoms with E-state index in [0.29, 0.717) is 11.3 Å². The van der Waals surface area contributed by atoms with Crippen molar-refractivity contribution in [3.8, 4) is 6.07 Å². The van der Waals surface area contributed by atoms with E-state index in [9.17, 15) is 0 Å². The molecule has 1 aromatic carbocycles. The van der Waals surface area contributed by atoms with Gasteiger partial charge in [0.2, 0.25) is 0 Å². The van der Waals surface area contributed by atoms with Crippen LogP contribution >= 0.6 is 11.8 Å². The van der Waals surface area contributed by atoms with Crippen molar-refractivity contribution >= 4 is 17.4 Å². The van der Waals surface area contributed by atoms with E-state index in [1.807, 2.05) is 19.9 Å².